The summed E-state index contributed by atoms with van der Waals surface area (Å²) in [7, 11) is -3.05. The third kappa shape index (κ3) is 3.54. The minimum absolute atomic E-state index is 0.00300. The maximum absolute atomic E-state index is 12.8. The molecular weight excluding hydrogens is 269 g/mol. The Hall–Kier alpha value is -1.89. The maximum Gasteiger partial charge on any atom is 0.149 e. The first-order chi connectivity index (χ1) is 8.85. The molecule has 0 amide bonds. The molecule has 0 saturated carbocycles. The molecule has 0 aliphatic carbocycles. The summed E-state index contributed by atoms with van der Waals surface area (Å²) in [5.41, 5.74) is 7.47. The molecule has 0 unspecified atom stereocenters. The zero-order valence-corrected chi connectivity index (χ0v) is 11.2. The second-order valence-electron chi connectivity index (χ2n) is 4.33. The molecule has 102 valence electrons. The van der Waals surface area contributed by atoms with Gasteiger partial charge in [0.15, 0.2) is 0 Å². The number of nitrogen functional groups attached to an aromatic ring is 1. The zero-order valence-electron chi connectivity index (χ0n) is 10.4. The standard InChI is InChI=1S/C12H14FN3O2S/c1-19(17,18)7-6-16-8-11(14)12(15-16)9-2-4-10(13)5-3-9/h2-5,8H,6-7,14H2,1H3. The van der Waals surface area contributed by atoms with E-state index in [1.54, 1.807) is 18.3 Å². The van der Waals surface area contributed by atoms with Crippen molar-refractivity contribution in [1.82, 2.24) is 9.78 Å². The van der Waals surface area contributed by atoms with Crippen molar-refractivity contribution in [2.75, 3.05) is 17.7 Å². The smallest absolute Gasteiger partial charge is 0.149 e. The molecule has 0 saturated heterocycles. The van der Waals surface area contributed by atoms with E-state index < -0.39 is 9.84 Å². The average molecular weight is 283 g/mol. The van der Waals surface area contributed by atoms with Crippen molar-refractivity contribution in [2.45, 2.75) is 6.54 Å². The zero-order chi connectivity index (χ0) is 14.0. The van der Waals surface area contributed by atoms with Gasteiger partial charge < -0.3 is 5.73 Å². The summed E-state index contributed by atoms with van der Waals surface area (Å²) < 4.78 is 36.5. The molecule has 0 radical (unpaired) electrons. The van der Waals surface area contributed by atoms with Crippen LogP contribution in [-0.2, 0) is 16.4 Å². The molecule has 5 nitrogen and oxygen atoms in total. The molecule has 1 aromatic carbocycles. The van der Waals surface area contributed by atoms with E-state index in [1.807, 2.05) is 0 Å². The summed E-state index contributed by atoms with van der Waals surface area (Å²) in [6.45, 7) is 0.240. The first kappa shape index (κ1) is 13.5. The van der Waals surface area contributed by atoms with Crippen molar-refractivity contribution >= 4 is 15.5 Å². The third-order valence-corrected chi connectivity index (χ3v) is 3.52. The lowest BCUT2D eigenvalue weighted by Crippen LogP contribution is -2.11. The van der Waals surface area contributed by atoms with Crippen LogP contribution in [-0.4, -0.2) is 30.2 Å². The van der Waals surface area contributed by atoms with E-state index in [0.29, 0.717) is 16.9 Å². The number of hydrogen-bond donors (Lipinski definition) is 1. The topological polar surface area (TPSA) is 78.0 Å². The van der Waals surface area contributed by atoms with Crippen LogP contribution in [0.25, 0.3) is 11.3 Å². The quantitative estimate of drug-likeness (QED) is 0.918. The highest BCUT2D eigenvalue weighted by Crippen LogP contribution is 2.23. The van der Waals surface area contributed by atoms with E-state index in [2.05, 4.69) is 5.10 Å². The Morgan fingerprint density at radius 1 is 1.32 bits per heavy atom. The van der Waals surface area contributed by atoms with Gasteiger partial charge in [0.05, 0.1) is 18.0 Å². The van der Waals surface area contributed by atoms with Gasteiger partial charge in [0.25, 0.3) is 0 Å². The average Bonchev–Trinajstić information content (AvgIpc) is 2.68. The fourth-order valence-corrected chi connectivity index (χ4v) is 2.16. The lowest BCUT2D eigenvalue weighted by Gasteiger charge is -2.00. The monoisotopic (exact) mass is 283 g/mol. The molecule has 0 spiro atoms. The van der Waals surface area contributed by atoms with E-state index >= 15 is 0 Å². The van der Waals surface area contributed by atoms with Crippen molar-refractivity contribution in [3.8, 4) is 11.3 Å². The van der Waals surface area contributed by atoms with Crippen molar-refractivity contribution < 1.29 is 12.8 Å². The van der Waals surface area contributed by atoms with Crippen LogP contribution in [0.2, 0.25) is 0 Å². The molecule has 0 fully saturated rings. The van der Waals surface area contributed by atoms with E-state index in [4.69, 9.17) is 5.73 Å². The summed E-state index contributed by atoms with van der Waals surface area (Å²) in [5.74, 6) is -0.337. The molecule has 0 atom stereocenters. The van der Waals surface area contributed by atoms with E-state index in [0.717, 1.165) is 0 Å². The molecule has 1 heterocycles. The number of nitrogens with two attached hydrogens (primary N) is 1. The summed E-state index contributed by atoms with van der Waals surface area (Å²) in [6.07, 6.45) is 2.74. The lowest BCUT2D eigenvalue weighted by atomic mass is 10.1. The first-order valence-electron chi connectivity index (χ1n) is 5.62. The highest BCUT2D eigenvalue weighted by molar-refractivity contribution is 7.90. The van der Waals surface area contributed by atoms with Crippen LogP contribution in [0.5, 0.6) is 0 Å². The number of benzene rings is 1. The molecule has 2 rings (SSSR count). The minimum Gasteiger partial charge on any atom is -0.396 e. The van der Waals surface area contributed by atoms with E-state index in [9.17, 15) is 12.8 Å². The molecule has 19 heavy (non-hydrogen) atoms. The van der Waals surface area contributed by atoms with Gasteiger partial charge in [-0.2, -0.15) is 5.10 Å². The van der Waals surface area contributed by atoms with Gasteiger partial charge >= 0.3 is 0 Å². The van der Waals surface area contributed by atoms with Crippen LogP contribution in [0.1, 0.15) is 0 Å². The molecule has 0 aliphatic heterocycles. The highest BCUT2D eigenvalue weighted by atomic mass is 32.2. The Bertz CT molecular complexity index is 678. The summed E-state index contributed by atoms with van der Waals surface area (Å²) in [5, 5.41) is 4.22. The predicted octanol–water partition coefficient (Wildman–Crippen LogP) is 1.32. The normalized spacial score (nSPS) is 11.7. The number of nitrogens with zero attached hydrogens (tertiary/aromatic N) is 2. The molecule has 2 aromatic rings. The van der Waals surface area contributed by atoms with Crippen molar-refractivity contribution in [3.63, 3.8) is 0 Å². The van der Waals surface area contributed by atoms with E-state index in [-0.39, 0.29) is 18.1 Å². The Morgan fingerprint density at radius 3 is 2.53 bits per heavy atom. The molecule has 2 N–H and O–H groups in total. The van der Waals surface area contributed by atoms with Crippen LogP contribution >= 0.6 is 0 Å². The van der Waals surface area contributed by atoms with Gasteiger partial charge in [-0.25, -0.2) is 12.8 Å². The number of aryl methyl sites for hydroxylation is 1. The van der Waals surface area contributed by atoms with Crippen LogP contribution in [0.3, 0.4) is 0 Å². The van der Waals surface area contributed by atoms with Gasteiger partial charge in [-0.15, -0.1) is 0 Å². The van der Waals surface area contributed by atoms with Crippen molar-refractivity contribution in [2.24, 2.45) is 0 Å². The number of aromatic nitrogens is 2. The highest BCUT2D eigenvalue weighted by Gasteiger charge is 2.10. The van der Waals surface area contributed by atoms with Crippen molar-refractivity contribution in [1.29, 1.82) is 0 Å². The Kier molecular flexibility index (Phi) is 3.57. The Balaban J connectivity index is 2.24. The fraction of sp³-hybridized carbons (Fsp3) is 0.250. The third-order valence-electron chi connectivity index (χ3n) is 2.60. The lowest BCUT2D eigenvalue weighted by molar-refractivity contribution is 0.586. The maximum atomic E-state index is 12.8. The molecule has 7 heteroatoms. The second kappa shape index (κ2) is 5.00. The van der Waals surface area contributed by atoms with Gasteiger partial charge in [-0.1, -0.05) is 0 Å². The Morgan fingerprint density at radius 2 is 1.95 bits per heavy atom. The van der Waals surface area contributed by atoms with Crippen LogP contribution in [0.4, 0.5) is 10.1 Å². The summed E-state index contributed by atoms with van der Waals surface area (Å²) in [4.78, 5) is 0. The predicted molar refractivity (Wildman–Crippen MR) is 71.7 cm³/mol. The molecular formula is C12H14FN3O2S. The number of halogens is 1. The van der Waals surface area contributed by atoms with Crippen LogP contribution < -0.4 is 5.73 Å². The second-order valence-corrected chi connectivity index (χ2v) is 6.59. The first-order valence-corrected chi connectivity index (χ1v) is 7.68. The largest absolute Gasteiger partial charge is 0.396 e. The van der Waals surface area contributed by atoms with Crippen LogP contribution in [0, 0.1) is 5.82 Å². The summed E-state index contributed by atoms with van der Waals surface area (Å²) >= 11 is 0. The fourth-order valence-electron chi connectivity index (χ4n) is 1.64. The van der Waals surface area contributed by atoms with Gasteiger partial charge in [-0.05, 0) is 24.3 Å². The minimum atomic E-state index is -3.05. The van der Waals surface area contributed by atoms with Gasteiger partial charge in [0, 0.05) is 18.0 Å². The number of hydrogen-bond acceptors (Lipinski definition) is 4. The van der Waals surface area contributed by atoms with Crippen molar-refractivity contribution in [3.05, 3.63) is 36.3 Å². The number of anilines is 1. The van der Waals surface area contributed by atoms with Gasteiger partial charge in [0.1, 0.15) is 21.3 Å². The van der Waals surface area contributed by atoms with E-state index in [1.165, 1.54) is 23.1 Å². The SMILES string of the molecule is CS(=O)(=O)CCn1cc(N)c(-c2ccc(F)cc2)n1. The molecule has 0 bridgehead atoms. The van der Waals surface area contributed by atoms with Crippen LogP contribution in [0.15, 0.2) is 30.5 Å². The Labute approximate surface area is 110 Å². The molecule has 1 aromatic heterocycles. The summed E-state index contributed by atoms with van der Waals surface area (Å²) in [6, 6.07) is 5.80. The molecule has 0 aliphatic rings. The van der Waals surface area contributed by atoms with Gasteiger partial charge in [-0.3, -0.25) is 4.68 Å². The van der Waals surface area contributed by atoms with Gasteiger partial charge in [0.2, 0.25) is 0 Å². The number of sulfone groups is 1. The number of rotatable bonds is 4.